The van der Waals surface area contributed by atoms with E-state index in [-0.39, 0.29) is 18.6 Å². The maximum Gasteiger partial charge on any atom is 0.260 e. The topological polar surface area (TPSA) is 117 Å². The Balaban J connectivity index is 1.46. The molecule has 1 fully saturated rings. The van der Waals surface area contributed by atoms with Crippen molar-refractivity contribution in [2.24, 2.45) is 5.10 Å². The lowest BCUT2D eigenvalue weighted by atomic mass is 9.95. The molecule has 11 heteroatoms. The third-order valence-electron chi connectivity index (χ3n) is 5.43. The summed E-state index contributed by atoms with van der Waals surface area (Å²) >= 11 is 2.12. The predicted molar refractivity (Wildman–Crippen MR) is 144 cm³/mol. The van der Waals surface area contributed by atoms with Gasteiger partial charge in [0, 0.05) is 9.61 Å². The van der Waals surface area contributed by atoms with E-state index in [2.05, 4.69) is 38.4 Å². The Morgan fingerprint density at radius 2 is 1.71 bits per heavy atom. The first-order valence-electron chi connectivity index (χ1n) is 11.3. The maximum absolute atomic E-state index is 12.3. The van der Waals surface area contributed by atoms with Crippen LogP contribution in [0.5, 0.6) is 5.75 Å². The molecule has 3 rings (SSSR count). The maximum atomic E-state index is 12.3. The number of anilines is 1. The van der Waals surface area contributed by atoms with E-state index in [1.165, 1.54) is 12.6 Å². The van der Waals surface area contributed by atoms with Gasteiger partial charge in [-0.15, -0.1) is 0 Å². The van der Waals surface area contributed by atoms with E-state index in [9.17, 15) is 18.0 Å². The number of carbonyl (C=O) groups is 2. The van der Waals surface area contributed by atoms with E-state index >= 15 is 0 Å². The molecule has 0 unspecified atom stereocenters. The Hall–Kier alpha value is -2.67. The van der Waals surface area contributed by atoms with Gasteiger partial charge in [-0.2, -0.15) is 5.10 Å². The van der Waals surface area contributed by atoms with Crippen LogP contribution in [-0.4, -0.2) is 51.9 Å². The second-order valence-electron chi connectivity index (χ2n) is 8.30. The van der Waals surface area contributed by atoms with E-state index < -0.39 is 22.5 Å². The Morgan fingerprint density at radius 1 is 1.06 bits per heavy atom. The molecule has 35 heavy (non-hydrogen) atoms. The molecule has 1 saturated carbocycles. The fraction of sp³-hybridized carbons (Fsp3) is 0.375. The molecule has 0 bridgehead atoms. The molecule has 0 saturated heterocycles. The van der Waals surface area contributed by atoms with E-state index in [4.69, 9.17) is 4.74 Å². The number of rotatable bonds is 10. The van der Waals surface area contributed by atoms with Gasteiger partial charge in [0.15, 0.2) is 6.61 Å². The molecule has 0 spiro atoms. The van der Waals surface area contributed by atoms with Gasteiger partial charge in [0.05, 0.1) is 18.2 Å². The highest BCUT2D eigenvalue weighted by Gasteiger charge is 2.20. The number of sulfonamides is 1. The first kappa shape index (κ1) is 26.9. The molecule has 188 valence electrons. The van der Waals surface area contributed by atoms with E-state index in [1.807, 2.05) is 0 Å². The monoisotopic (exact) mass is 612 g/mol. The molecular weight excluding hydrogens is 583 g/mol. The molecule has 1 aliphatic carbocycles. The number of nitrogens with zero attached hydrogens (tertiary/aromatic N) is 2. The van der Waals surface area contributed by atoms with Gasteiger partial charge in [0.1, 0.15) is 12.3 Å². The summed E-state index contributed by atoms with van der Waals surface area (Å²) in [5.74, 6) is -0.154. The third kappa shape index (κ3) is 9.13. The van der Waals surface area contributed by atoms with E-state index in [1.54, 1.807) is 48.5 Å². The fourth-order valence-corrected chi connectivity index (χ4v) is 4.88. The Kier molecular flexibility index (Phi) is 9.90. The van der Waals surface area contributed by atoms with Gasteiger partial charge in [-0.05, 0) is 89.5 Å². The van der Waals surface area contributed by atoms with Crippen molar-refractivity contribution in [1.29, 1.82) is 0 Å². The number of ether oxygens (including phenoxy) is 1. The van der Waals surface area contributed by atoms with Crippen molar-refractivity contribution in [3.63, 3.8) is 0 Å². The van der Waals surface area contributed by atoms with Crippen LogP contribution < -0.4 is 19.8 Å². The van der Waals surface area contributed by atoms with E-state index in [0.717, 1.165) is 39.8 Å². The molecule has 0 radical (unpaired) electrons. The number of halogens is 1. The molecular formula is C24H29IN4O5S. The molecule has 2 N–H and O–H groups in total. The summed E-state index contributed by atoms with van der Waals surface area (Å²) in [7, 11) is -3.65. The minimum atomic E-state index is -3.65. The molecule has 9 nitrogen and oxygen atoms in total. The van der Waals surface area contributed by atoms with Crippen LogP contribution in [0.2, 0.25) is 0 Å². The summed E-state index contributed by atoms with van der Waals surface area (Å²) in [5, 5.41) is 6.91. The molecule has 1 aliphatic rings. The van der Waals surface area contributed by atoms with Crippen molar-refractivity contribution < 1.29 is 22.7 Å². The van der Waals surface area contributed by atoms with Crippen molar-refractivity contribution in [3.8, 4) is 5.75 Å². The van der Waals surface area contributed by atoms with Crippen molar-refractivity contribution in [3.05, 3.63) is 57.7 Å². The number of carbonyl (C=O) groups excluding carboxylic acids is 2. The van der Waals surface area contributed by atoms with Crippen LogP contribution in [0.15, 0.2) is 53.6 Å². The summed E-state index contributed by atoms with van der Waals surface area (Å²) in [6, 6.07) is 13.9. The van der Waals surface area contributed by atoms with Crippen molar-refractivity contribution >= 4 is 56.3 Å². The van der Waals surface area contributed by atoms with Gasteiger partial charge in [-0.1, -0.05) is 19.3 Å². The number of amides is 2. The average molecular weight is 612 g/mol. The Morgan fingerprint density at radius 3 is 2.34 bits per heavy atom. The molecule has 2 amide bonds. The molecule has 0 heterocycles. The van der Waals surface area contributed by atoms with Crippen molar-refractivity contribution in [2.45, 2.75) is 38.1 Å². The minimum absolute atomic E-state index is 0.0443. The summed E-state index contributed by atoms with van der Waals surface area (Å²) < 4.78 is 31.8. The zero-order valence-electron chi connectivity index (χ0n) is 19.4. The fourth-order valence-electron chi connectivity index (χ4n) is 3.67. The van der Waals surface area contributed by atoms with Crippen LogP contribution in [-0.2, 0) is 19.6 Å². The quantitative estimate of drug-likeness (QED) is 0.243. The summed E-state index contributed by atoms with van der Waals surface area (Å²) in [6.07, 6.45) is 8.06. The second kappa shape index (κ2) is 12.9. The van der Waals surface area contributed by atoms with Gasteiger partial charge >= 0.3 is 0 Å². The standard InChI is InChI=1S/C24H29IN4O5S/c1-35(32,33)29(21-11-9-19(25)10-12-21)16-23(30)28-26-15-18-7-13-22(14-8-18)34-17-24(31)27-20-5-3-2-4-6-20/h7-15,20H,2-6,16-17H2,1H3,(H,27,31)(H,28,30)/b26-15-. The number of hydrazone groups is 1. The van der Waals surface area contributed by atoms with Crippen LogP contribution in [0.1, 0.15) is 37.7 Å². The second-order valence-corrected chi connectivity index (χ2v) is 11.5. The lowest BCUT2D eigenvalue weighted by molar-refractivity contribution is -0.124. The van der Waals surface area contributed by atoms with Crippen LogP contribution >= 0.6 is 22.6 Å². The van der Waals surface area contributed by atoms with Crippen LogP contribution in [0.4, 0.5) is 5.69 Å². The van der Waals surface area contributed by atoms with E-state index in [0.29, 0.717) is 17.0 Å². The lowest BCUT2D eigenvalue weighted by Crippen LogP contribution is -2.39. The number of hydrogen-bond donors (Lipinski definition) is 2. The molecule has 0 aliphatic heterocycles. The Labute approximate surface area is 219 Å². The van der Waals surface area contributed by atoms with Gasteiger partial charge in [0.25, 0.3) is 11.8 Å². The van der Waals surface area contributed by atoms with Crippen molar-refractivity contribution in [1.82, 2.24) is 10.7 Å². The first-order valence-corrected chi connectivity index (χ1v) is 14.2. The average Bonchev–Trinajstić information content (AvgIpc) is 2.83. The number of benzene rings is 2. The SMILES string of the molecule is CS(=O)(=O)N(CC(=O)N/N=C\c1ccc(OCC(=O)NC2CCCCC2)cc1)c1ccc(I)cc1. The zero-order valence-corrected chi connectivity index (χ0v) is 22.4. The minimum Gasteiger partial charge on any atom is -0.484 e. The highest BCUT2D eigenvalue weighted by Crippen LogP contribution is 2.19. The molecule has 0 aromatic heterocycles. The smallest absolute Gasteiger partial charge is 0.260 e. The van der Waals surface area contributed by atoms with Gasteiger partial charge in [0.2, 0.25) is 10.0 Å². The molecule has 2 aromatic rings. The lowest BCUT2D eigenvalue weighted by Gasteiger charge is -2.22. The number of hydrogen-bond acceptors (Lipinski definition) is 6. The summed E-state index contributed by atoms with van der Waals surface area (Å²) in [6.45, 7) is -0.441. The van der Waals surface area contributed by atoms with Gasteiger partial charge in [-0.3, -0.25) is 13.9 Å². The summed E-state index contributed by atoms with van der Waals surface area (Å²) in [5.41, 5.74) is 3.44. The van der Waals surface area contributed by atoms with Crippen LogP contribution in [0, 0.1) is 3.57 Å². The van der Waals surface area contributed by atoms with Crippen LogP contribution in [0.25, 0.3) is 0 Å². The predicted octanol–water partition coefficient (Wildman–Crippen LogP) is 3.04. The van der Waals surface area contributed by atoms with Gasteiger partial charge < -0.3 is 10.1 Å². The third-order valence-corrected chi connectivity index (χ3v) is 7.29. The van der Waals surface area contributed by atoms with Gasteiger partial charge in [-0.25, -0.2) is 13.8 Å². The number of nitrogens with one attached hydrogen (secondary N) is 2. The first-order chi connectivity index (χ1) is 16.7. The normalized spacial score (nSPS) is 14.5. The molecule has 0 atom stereocenters. The van der Waals surface area contributed by atoms with Crippen LogP contribution in [0.3, 0.4) is 0 Å². The highest BCUT2D eigenvalue weighted by molar-refractivity contribution is 14.1. The largest absolute Gasteiger partial charge is 0.484 e. The summed E-state index contributed by atoms with van der Waals surface area (Å²) in [4.78, 5) is 24.3. The zero-order chi connectivity index (χ0) is 25.3. The van der Waals surface area contributed by atoms with Crippen molar-refractivity contribution in [2.75, 3.05) is 23.7 Å². The molecule has 2 aromatic carbocycles. The highest BCUT2D eigenvalue weighted by atomic mass is 127. The Bertz CT molecular complexity index is 1130.